The number of rotatable bonds is 8. The summed E-state index contributed by atoms with van der Waals surface area (Å²) in [6, 6.07) is 16.4. The van der Waals surface area contributed by atoms with Crippen molar-refractivity contribution in [3.63, 3.8) is 0 Å². The fraction of sp³-hybridized carbons (Fsp3) is 0.360. The summed E-state index contributed by atoms with van der Waals surface area (Å²) in [5.41, 5.74) is 5.98. The number of piperidine rings is 1. The van der Waals surface area contributed by atoms with Crippen LogP contribution in [0.3, 0.4) is 0 Å². The highest BCUT2D eigenvalue weighted by Crippen LogP contribution is 2.38. The highest BCUT2D eigenvalue weighted by atomic mass is 16.6. The minimum absolute atomic E-state index is 0.112. The summed E-state index contributed by atoms with van der Waals surface area (Å²) in [6.07, 6.45) is -1.54. The number of ether oxygens (including phenoxy) is 3. The van der Waals surface area contributed by atoms with Gasteiger partial charge < -0.3 is 24.8 Å². The lowest BCUT2D eigenvalue weighted by molar-refractivity contribution is -0.146. The molecular formula is C25H28N4O6. The maximum absolute atomic E-state index is 13.5. The Balaban J connectivity index is 1.54. The molecule has 2 heterocycles. The van der Waals surface area contributed by atoms with E-state index >= 15 is 0 Å². The van der Waals surface area contributed by atoms with Crippen LogP contribution in [-0.4, -0.2) is 73.5 Å². The number of hydrogen-bond acceptors (Lipinski definition) is 7. The molecule has 0 unspecified atom stereocenters. The average molecular weight is 481 g/mol. The molecule has 0 bridgehead atoms. The van der Waals surface area contributed by atoms with Crippen molar-refractivity contribution in [3.8, 4) is 11.5 Å². The van der Waals surface area contributed by atoms with Crippen molar-refractivity contribution in [1.82, 2.24) is 9.91 Å². The molecular weight excluding hydrogens is 452 g/mol. The van der Waals surface area contributed by atoms with Gasteiger partial charge in [0.15, 0.2) is 0 Å². The Morgan fingerprint density at radius 1 is 1.14 bits per heavy atom. The third-order valence-electron chi connectivity index (χ3n) is 6.24. The zero-order chi connectivity index (χ0) is 25.0. The second-order valence-corrected chi connectivity index (χ2v) is 8.55. The first-order valence-electron chi connectivity index (χ1n) is 11.2. The molecule has 1 saturated heterocycles. The van der Waals surface area contributed by atoms with Gasteiger partial charge in [-0.25, -0.2) is 9.80 Å². The number of methoxy groups -OCH3 is 1. The molecule has 0 saturated carbocycles. The Morgan fingerprint density at radius 2 is 1.89 bits per heavy atom. The number of nitrogens with two attached hydrogens (primary N) is 1. The van der Waals surface area contributed by atoms with Crippen molar-refractivity contribution < 1.29 is 28.6 Å². The zero-order valence-corrected chi connectivity index (χ0v) is 19.7. The molecule has 0 radical (unpaired) electrons. The number of hydrogen-bond donors (Lipinski definition) is 1. The van der Waals surface area contributed by atoms with E-state index in [4.69, 9.17) is 19.9 Å². The first-order valence-corrected chi connectivity index (χ1v) is 11.2. The maximum atomic E-state index is 13.5. The quantitative estimate of drug-likeness (QED) is 0.615. The molecule has 3 amide bonds. The molecule has 2 N–H and O–H groups in total. The summed E-state index contributed by atoms with van der Waals surface area (Å²) in [4.78, 5) is 39.9. The molecule has 0 aromatic heterocycles. The molecule has 2 aromatic carbocycles. The van der Waals surface area contributed by atoms with Crippen LogP contribution in [0.25, 0.3) is 0 Å². The Morgan fingerprint density at radius 3 is 2.60 bits per heavy atom. The van der Waals surface area contributed by atoms with Crippen molar-refractivity contribution in [2.75, 3.05) is 33.9 Å². The van der Waals surface area contributed by atoms with Crippen molar-refractivity contribution in [1.29, 1.82) is 0 Å². The lowest BCUT2D eigenvalue weighted by Crippen LogP contribution is -2.58. The predicted octanol–water partition coefficient (Wildman–Crippen LogP) is 1.83. The number of primary amides is 1. The molecule has 184 valence electrons. The predicted molar refractivity (Wildman–Crippen MR) is 127 cm³/mol. The molecule has 4 rings (SSSR count). The number of carbonyl (C=O) groups excluding carboxylic acids is 3. The van der Waals surface area contributed by atoms with Crippen LogP contribution < -0.4 is 15.2 Å². The maximum Gasteiger partial charge on any atom is 0.405 e. The summed E-state index contributed by atoms with van der Waals surface area (Å²) in [6.45, 7) is 0.194. The van der Waals surface area contributed by atoms with Gasteiger partial charge in [0.2, 0.25) is 6.10 Å². The van der Waals surface area contributed by atoms with Gasteiger partial charge in [-0.05, 0) is 24.1 Å². The lowest BCUT2D eigenvalue weighted by atomic mass is 9.73. The van der Waals surface area contributed by atoms with E-state index in [1.54, 1.807) is 31.3 Å². The number of fused-ring (bicyclic) bond motifs is 1. The number of likely N-dealkylation sites (tertiary alicyclic amines) is 1. The van der Waals surface area contributed by atoms with E-state index in [0.29, 0.717) is 30.9 Å². The number of carbonyl (C=O) groups is 3. The molecule has 2 aromatic rings. The molecule has 2 atom stereocenters. The van der Waals surface area contributed by atoms with Crippen LogP contribution in [0.5, 0.6) is 11.5 Å². The molecule has 0 spiro atoms. The normalized spacial score (nSPS) is 20.1. The van der Waals surface area contributed by atoms with Gasteiger partial charge in [-0.15, -0.1) is 0 Å². The number of hydrazone groups is 1. The molecule has 10 heteroatoms. The zero-order valence-electron chi connectivity index (χ0n) is 19.7. The Kier molecular flexibility index (Phi) is 6.90. The third kappa shape index (κ3) is 5.06. The number of nitrogens with zero attached hydrogens (tertiary/aromatic N) is 3. The fourth-order valence-corrected chi connectivity index (χ4v) is 4.58. The minimum Gasteiger partial charge on any atom is -0.497 e. The summed E-state index contributed by atoms with van der Waals surface area (Å²) in [7, 11) is 3.15. The van der Waals surface area contributed by atoms with Gasteiger partial charge in [0.25, 0.3) is 11.8 Å². The third-order valence-corrected chi connectivity index (χ3v) is 6.24. The summed E-state index contributed by atoms with van der Waals surface area (Å²) in [5, 5.41) is 5.80. The van der Waals surface area contributed by atoms with Crippen LogP contribution in [-0.2, 0) is 20.7 Å². The van der Waals surface area contributed by atoms with Crippen LogP contribution in [0.2, 0.25) is 0 Å². The van der Waals surface area contributed by atoms with Gasteiger partial charge in [0, 0.05) is 32.6 Å². The molecule has 2 aliphatic heterocycles. The van der Waals surface area contributed by atoms with E-state index in [2.05, 4.69) is 5.10 Å². The molecule has 2 aliphatic rings. The monoisotopic (exact) mass is 480 g/mol. The largest absolute Gasteiger partial charge is 0.497 e. The van der Waals surface area contributed by atoms with Gasteiger partial charge in [0.1, 0.15) is 23.5 Å². The SMILES string of the molecule is COc1cccc(OC[C@@H](OC(N)=O)C(=O)N2CCC3=NN(C)C(=O)[C@]3(Cc3ccccc3)C2)c1. The van der Waals surface area contributed by atoms with E-state index in [0.717, 1.165) is 11.3 Å². The molecule has 10 nitrogen and oxygen atoms in total. The summed E-state index contributed by atoms with van der Waals surface area (Å²) < 4.78 is 16.0. The lowest BCUT2D eigenvalue weighted by Gasteiger charge is -2.40. The van der Waals surface area contributed by atoms with E-state index in [9.17, 15) is 14.4 Å². The minimum atomic E-state index is -1.28. The van der Waals surface area contributed by atoms with E-state index < -0.39 is 23.5 Å². The van der Waals surface area contributed by atoms with Gasteiger partial charge in [-0.1, -0.05) is 36.4 Å². The summed E-state index contributed by atoms with van der Waals surface area (Å²) in [5.74, 6) is 0.363. The first kappa shape index (κ1) is 24.1. The van der Waals surface area contributed by atoms with E-state index in [1.165, 1.54) is 17.0 Å². The molecule has 0 aliphatic carbocycles. The summed E-state index contributed by atoms with van der Waals surface area (Å²) >= 11 is 0. The van der Waals surface area contributed by atoms with Crippen LogP contribution in [0.15, 0.2) is 59.7 Å². The smallest absolute Gasteiger partial charge is 0.405 e. The van der Waals surface area contributed by atoms with Crippen molar-refractivity contribution in [2.24, 2.45) is 16.3 Å². The Labute approximate surface area is 203 Å². The number of amides is 3. The van der Waals surface area contributed by atoms with E-state index in [1.807, 2.05) is 30.3 Å². The van der Waals surface area contributed by atoms with Gasteiger partial charge in [-0.2, -0.15) is 5.10 Å². The van der Waals surface area contributed by atoms with Crippen molar-refractivity contribution in [3.05, 3.63) is 60.2 Å². The van der Waals surface area contributed by atoms with E-state index in [-0.39, 0.29) is 19.1 Å². The molecule has 1 fully saturated rings. The van der Waals surface area contributed by atoms with Crippen LogP contribution in [0, 0.1) is 5.41 Å². The Bertz CT molecular complexity index is 1140. The first-order chi connectivity index (χ1) is 16.8. The Hall–Kier alpha value is -4.08. The second kappa shape index (κ2) is 10.0. The number of benzene rings is 2. The van der Waals surface area contributed by atoms with Crippen LogP contribution >= 0.6 is 0 Å². The topological polar surface area (TPSA) is 124 Å². The van der Waals surface area contributed by atoms with Gasteiger partial charge >= 0.3 is 6.09 Å². The van der Waals surface area contributed by atoms with Gasteiger partial charge in [-0.3, -0.25) is 9.59 Å². The average Bonchev–Trinajstić information content (AvgIpc) is 3.10. The highest BCUT2D eigenvalue weighted by Gasteiger charge is 2.54. The second-order valence-electron chi connectivity index (χ2n) is 8.55. The standard InChI is InChI=1S/C25H28N4O6/c1-28-23(31)25(14-17-7-4-3-5-8-17)16-29(12-11-21(25)27-28)22(30)20(35-24(26)32)15-34-19-10-6-9-18(13-19)33-2/h3-10,13,20H,11-12,14-16H2,1-2H3,(H2,26,32)/t20-,25-/m1/s1. The van der Waals surface area contributed by atoms with Crippen molar-refractivity contribution in [2.45, 2.75) is 18.9 Å². The van der Waals surface area contributed by atoms with Crippen LogP contribution in [0.4, 0.5) is 4.79 Å². The molecule has 35 heavy (non-hydrogen) atoms. The van der Waals surface area contributed by atoms with Crippen LogP contribution in [0.1, 0.15) is 12.0 Å². The highest BCUT2D eigenvalue weighted by molar-refractivity contribution is 6.13. The van der Waals surface area contributed by atoms with Crippen molar-refractivity contribution >= 4 is 23.6 Å². The fourth-order valence-electron chi connectivity index (χ4n) is 4.58. The van der Waals surface area contributed by atoms with Gasteiger partial charge in [0.05, 0.1) is 12.8 Å².